The molecule has 2 atom stereocenters. The van der Waals surface area contributed by atoms with Gasteiger partial charge in [0.2, 0.25) is 0 Å². The molecule has 0 unspecified atom stereocenters. The van der Waals surface area contributed by atoms with Crippen LogP contribution in [0.5, 0.6) is 0 Å². The molecule has 2 aliphatic heterocycles. The van der Waals surface area contributed by atoms with Gasteiger partial charge in [0, 0.05) is 19.5 Å². The second-order valence-corrected chi connectivity index (χ2v) is 13.5. The van der Waals surface area contributed by atoms with Crippen LogP contribution in [0.3, 0.4) is 0 Å². The van der Waals surface area contributed by atoms with Crippen molar-refractivity contribution in [2.45, 2.75) is 43.9 Å². The predicted octanol–water partition coefficient (Wildman–Crippen LogP) is 3.92. The van der Waals surface area contributed by atoms with Gasteiger partial charge >= 0.3 is 0 Å². The highest BCUT2D eigenvalue weighted by Crippen LogP contribution is 2.41. The van der Waals surface area contributed by atoms with Crippen molar-refractivity contribution in [3.63, 3.8) is 0 Å². The van der Waals surface area contributed by atoms with Crippen LogP contribution < -0.4 is 10.4 Å². The minimum Gasteiger partial charge on any atom is -0.405 e. The first-order chi connectivity index (χ1) is 13.4. The number of alkyl halides is 1. The van der Waals surface area contributed by atoms with Crippen LogP contribution in [0.25, 0.3) is 0 Å². The maximum absolute atomic E-state index is 14.3. The molecule has 2 aliphatic rings. The third kappa shape index (κ3) is 3.17. The van der Waals surface area contributed by atoms with Crippen molar-refractivity contribution in [2.24, 2.45) is 0 Å². The van der Waals surface area contributed by atoms with Gasteiger partial charge in [-0.25, -0.2) is 4.39 Å². The van der Waals surface area contributed by atoms with E-state index < -0.39 is 14.5 Å². The zero-order chi connectivity index (χ0) is 19.8. The quantitative estimate of drug-likeness (QED) is 0.562. The van der Waals surface area contributed by atoms with Crippen molar-refractivity contribution < 1.29 is 8.82 Å². The van der Waals surface area contributed by atoms with Gasteiger partial charge in [-0.3, -0.25) is 4.90 Å². The van der Waals surface area contributed by atoms with E-state index in [1.54, 1.807) is 0 Å². The Labute approximate surface area is 169 Å². The number of rotatable bonds is 5. The van der Waals surface area contributed by atoms with Gasteiger partial charge in [-0.2, -0.15) is 0 Å². The molecule has 2 nitrogen and oxygen atoms in total. The molecule has 0 bridgehead atoms. The van der Waals surface area contributed by atoms with Crippen molar-refractivity contribution in [1.82, 2.24) is 4.90 Å². The van der Waals surface area contributed by atoms with Gasteiger partial charge in [-0.15, -0.1) is 0 Å². The largest absolute Gasteiger partial charge is 0.405 e. The first-order valence-electron chi connectivity index (χ1n) is 10.2. The summed E-state index contributed by atoms with van der Waals surface area (Å²) in [5.74, 6) is 0. The fourth-order valence-corrected chi connectivity index (χ4v) is 9.64. The van der Waals surface area contributed by atoms with E-state index in [1.165, 1.54) is 10.4 Å². The van der Waals surface area contributed by atoms with Crippen molar-refractivity contribution in [3.05, 3.63) is 72.8 Å². The molecule has 0 aliphatic carbocycles. The van der Waals surface area contributed by atoms with Gasteiger partial charge in [0.1, 0.15) is 6.17 Å². The van der Waals surface area contributed by atoms with Gasteiger partial charge in [-0.1, -0.05) is 93.6 Å². The molecule has 0 saturated carbocycles. The molecule has 2 aromatic rings. The topological polar surface area (TPSA) is 12.5 Å². The Morgan fingerprint density at radius 1 is 1.04 bits per heavy atom. The summed E-state index contributed by atoms with van der Waals surface area (Å²) < 4.78 is 21.4. The molecule has 0 spiro atoms. The lowest BCUT2D eigenvalue weighted by atomic mass is 9.99. The molecule has 0 aromatic heterocycles. The summed E-state index contributed by atoms with van der Waals surface area (Å²) in [6.45, 7) is 8.72. The van der Waals surface area contributed by atoms with Crippen LogP contribution in [-0.4, -0.2) is 44.6 Å². The van der Waals surface area contributed by atoms with Crippen LogP contribution in [0.1, 0.15) is 27.2 Å². The number of hydrogen-bond donors (Lipinski definition) is 0. The highest BCUT2D eigenvalue weighted by Gasteiger charge is 2.53. The predicted molar refractivity (Wildman–Crippen MR) is 117 cm³/mol. The third-order valence-corrected chi connectivity index (χ3v) is 11.3. The minimum atomic E-state index is -2.59. The first kappa shape index (κ1) is 19.6. The maximum atomic E-state index is 14.3. The van der Waals surface area contributed by atoms with E-state index in [9.17, 15) is 4.39 Å². The summed E-state index contributed by atoms with van der Waals surface area (Å²) in [5, 5.41) is 2.48. The highest BCUT2D eigenvalue weighted by molar-refractivity contribution is 6.99. The molecule has 1 saturated heterocycles. The van der Waals surface area contributed by atoms with Crippen LogP contribution in [0.2, 0.25) is 5.04 Å². The number of nitrogens with zero attached hydrogens (tertiary/aromatic N) is 1. The zero-order valence-corrected chi connectivity index (χ0v) is 18.1. The SMILES string of the molecule is CC(C)(C)[Si](OC[C@@]12C=CCN1C[C@H](F)C2)(c1ccccc1)c1ccccc1. The molecule has 148 valence electrons. The lowest BCUT2D eigenvalue weighted by Crippen LogP contribution is -2.68. The normalized spacial score (nSPS) is 25.2. The summed E-state index contributed by atoms with van der Waals surface area (Å²) in [4.78, 5) is 2.25. The molecular formula is C24H30FNOSi. The van der Waals surface area contributed by atoms with E-state index in [-0.39, 0.29) is 10.6 Å². The van der Waals surface area contributed by atoms with E-state index in [2.05, 4.69) is 98.5 Å². The van der Waals surface area contributed by atoms with Gasteiger partial charge < -0.3 is 4.43 Å². The molecule has 4 rings (SSSR count). The Morgan fingerprint density at radius 2 is 1.61 bits per heavy atom. The first-order valence-corrected chi connectivity index (χ1v) is 12.1. The van der Waals surface area contributed by atoms with Gasteiger partial charge in [-0.05, 0) is 15.4 Å². The van der Waals surface area contributed by atoms with E-state index in [0.717, 1.165) is 6.54 Å². The fraction of sp³-hybridized carbons (Fsp3) is 0.417. The van der Waals surface area contributed by atoms with E-state index in [1.807, 2.05) is 0 Å². The van der Waals surface area contributed by atoms with Crippen LogP contribution >= 0.6 is 0 Å². The van der Waals surface area contributed by atoms with Crippen LogP contribution in [0.4, 0.5) is 4.39 Å². The molecule has 2 heterocycles. The monoisotopic (exact) mass is 395 g/mol. The van der Waals surface area contributed by atoms with Crippen molar-refractivity contribution in [2.75, 3.05) is 19.7 Å². The second-order valence-electron chi connectivity index (χ2n) is 9.16. The second kappa shape index (κ2) is 7.25. The average Bonchev–Trinajstić information content (AvgIpc) is 3.18. The van der Waals surface area contributed by atoms with Crippen LogP contribution in [0, 0.1) is 0 Å². The summed E-state index contributed by atoms with van der Waals surface area (Å²) >= 11 is 0. The van der Waals surface area contributed by atoms with Gasteiger partial charge in [0.25, 0.3) is 8.32 Å². The lowest BCUT2D eigenvalue weighted by Gasteiger charge is -2.45. The summed E-state index contributed by atoms with van der Waals surface area (Å²) in [7, 11) is -2.59. The molecule has 1 fully saturated rings. The molecule has 0 amide bonds. The Bertz CT molecular complexity index is 793. The van der Waals surface area contributed by atoms with Crippen molar-refractivity contribution in [3.8, 4) is 0 Å². The number of fused-ring (bicyclic) bond motifs is 1. The highest BCUT2D eigenvalue weighted by atomic mass is 28.4. The van der Waals surface area contributed by atoms with E-state index >= 15 is 0 Å². The summed E-state index contributed by atoms with van der Waals surface area (Å²) in [5.41, 5.74) is -0.299. The molecule has 2 aromatic carbocycles. The number of hydrogen-bond acceptors (Lipinski definition) is 2. The Balaban J connectivity index is 1.79. The van der Waals surface area contributed by atoms with Crippen molar-refractivity contribution >= 4 is 18.7 Å². The average molecular weight is 396 g/mol. The van der Waals surface area contributed by atoms with E-state index in [0.29, 0.717) is 19.6 Å². The lowest BCUT2D eigenvalue weighted by molar-refractivity contribution is 0.132. The number of halogens is 1. The van der Waals surface area contributed by atoms with Crippen molar-refractivity contribution in [1.29, 1.82) is 0 Å². The summed E-state index contributed by atoms with van der Waals surface area (Å²) in [6.07, 6.45) is 4.11. The van der Waals surface area contributed by atoms with Crippen LogP contribution in [0.15, 0.2) is 72.8 Å². The maximum Gasteiger partial charge on any atom is 0.261 e. The molecular weight excluding hydrogens is 365 g/mol. The molecule has 28 heavy (non-hydrogen) atoms. The van der Waals surface area contributed by atoms with Gasteiger partial charge in [0.15, 0.2) is 0 Å². The Morgan fingerprint density at radius 3 is 2.14 bits per heavy atom. The number of benzene rings is 2. The Hall–Kier alpha value is -1.75. The Kier molecular flexibility index (Phi) is 5.06. The fourth-order valence-electron chi connectivity index (χ4n) is 5.02. The standard InChI is InChI=1S/C24H30FNOSi/c1-23(2,3)28(21-11-6-4-7-12-21,22-13-8-5-9-14-22)27-19-24-15-10-16-26(24)18-20(25)17-24/h4-15,20H,16-19H2,1-3H3/t20-,24+/m1/s1. The van der Waals surface area contributed by atoms with E-state index in [4.69, 9.17) is 4.43 Å². The summed E-state index contributed by atoms with van der Waals surface area (Å²) in [6, 6.07) is 21.3. The zero-order valence-electron chi connectivity index (χ0n) is 17.1. The third-order valence-electron chi connectivity index (χ3n) is 6.33. The smallest absolute Gasteiger partial charge is 0.261 e. The molecule has 0 N–H and O–H groups in total. The van der Waals surface area contributed by atoms with Gasteiger partial charge in [0.05, 0.1) is 12.1 Å². The molecule has 0 radical (unpaired) electrons. The van der Waals surface area contributed by atoms with Crippen LogP contribution in [-0.2, 0) is 4.43 Å². The molecule has 4 heteroatoms. The minimum absolute atomic E-state index is 0.0623.